The molecule has 1 saturated heterocycles. The number of halogens is 1. The predicted octanol–water partition coefficient (Wildman–Crippen LogP) is 2.29. The van der Waals surface area contributed by atoms with E-state index in [1.807, 2.05) is 0 Å². The maximum absolute atomic E-state index is 14.0. The zero-order valence-electron chi connectivity index (χ0n) is 11.1. The molecule has 3 N–H and O–H groups in total. The topological polar surface area (TPSA) is 61.8 Å². The number of rotatable bonds is 3. The minimum absolute atomic E-state index is 0.0724. The highest BCUT2D eigenvalue weighted by Gasteiger charge is 2.19. The van der Waals surface area contributed by atoms with E-state index in [1.165, 1.54) is 25.3 Å². The Balaban J connectivity index is 2.12. The lowest BCUT2D eigenvalue weighted by Crippen LogP contribution is -2.37. The van der Waals surface area contributed by atoms with E-state index in [4.69, 9.17) is 10.9 Å². The first-order valence-corrected chi connectivity index (χ1v) is 6.62. The fourth-order valence-corrected chi connectivity index (χ4v) is 2.50. The van der Waals surface area contributed by atoms with Gasteiger partial charge in [0.25, 0.3) is 0 Å². The number of nitrogens with two attached hydrogens (primary N) is 1. The molecule has 0 amide bonds. The summed E-state index contributed by atoms with van der Waals surface area (Å²) >= 11 is 0. The van der Waals surface area contributed by atoms with Crippen LogP contribution in [0.25, 0.3) is 0 Å². The van der Waals surface area contributed by atoms with E-state index in [0.717, 1.165) is 6.54 Å². The third kappa shape index (κ3) is 3.23. The summed E-state index contributed by atoms with van der Waals surface area (Å²) in [6.07, 6.45) is 3.60. The van der Waals surface area contributed by atoms with E-state index >= 15 is 0 Å². The van der Waals surface area contributed by atoms with Gasteiger partial charge in [0.15, 0.2) is 5.84 Å². The number of hydrogen-bond donors (Lipinski definition) is 2. The lowest BCUT2D eigenvalue weighted by Gasteiger charge is -2.33. The number of piperidine rings is 1. The first-order chi connectivity index (χ1) is 9.11. The van der Waals surface area contributed by atoms with Crippen LogP contribution in [-0.2, 0) is 6.54 Å². The Labute approximate surface area is 112 Å². The zero-order valence-corrected chi connectivity index (χ0v) is 11.1. The van der Waals surface area contributed by atoms with Crippen molar-refractivity contribution in [3.63, 3.8) is 0 Å². The van der Waals surface area contributed by atoms with Crippen molar-refractivity contribution in [1.29, 1.82) is 0 Å². The van der Waals surface area contributed by atoms with Crippen LogP contribution >= 0.6 is 0 Å². The largest absolute Gasteiger partial charge is 0.409 e. The van der Waals surface area contributed by atoms with Crippen LogP contribution in [0.1, 0.15) is 37.3 Å². The van der Waals surface area contributed by atoms with Gasteiger partial charge in [-0.3, -0.25) is 4.90 Å². The van der Waals surface area contributed by atoms with Gasteiger partial charge in [-0.15, -0.1) is 0 Å². The molecule has 0 aromatic heterocycles. The van der Waals surface area contributed by atoms with Crippen LogP contribution in [0.5, 0.6) is 0 Å². The van der Waals surface area contributed by atoms with E-state index in [1.54, 1.807) is 12.1 Å². The summed E-state index contributed by atoms with van der Waals surface area (Å²) in [5.74, 6) is -0.376. The molecule has 0 aliphatic carbocycles. The molecule has 1 aromatic carbocycles. The van der Waals surface area contributed by atoms with Gasteiger partial charge in [0.2, 0.25) is 0 Å². The molecule has 0 bridgehead atoms. The fourth-order valence-electron chi connectivity index (χ4n) is 2.50. The standard InChI is InChI=1S/C14H20FN3O/c1-10-4-2-3-7-18(10)9-12-6-5-11(8-13(12)15)14(16)17-19/h5-6,8,10,19H,2-4,7,9H2,1H3,(H2,16,17). The quantitative estimate of drug-likeness (QED) is 0.381. The molecular formula is C14H20FN3O. The third-order valence-corrected chi connectivity index (χ3v) is 3.77. The molecule has 1 fully saturated rings. The molecule has 4 nitrogen and oxygen atoms in total. The maximum atomic E-state index is 14.0. The van der Waals surface area contributed by atoms with Gasteiger partial charge in [0.05, 0.1) is 0 Å². The van der Waals surface area contributed by atoms with Crippen LogP contribution in [0.15, 0.2) is 23.4 Å². The maximum Gasteiger partial charge on any atom is 0.170 e. The van der Waals surface area contributed by atoms with E-state index in [2.05, 4.69) is 17.0 Å². The Bertz CT molecular complexity index is 476. The summed E-state index contributed by atoms with van der Waals surface area (Å²) in [6, 6.07) is 5.21. The Kier molecular flexibility index (Phi) is 4.37. The van der Waals surface area contributed by atoms with Crippen LogP contribution in [-0.4, -0.2) is 28.5 Å². The SMILES string of the molecule is CC1CCCCN1Cc1ccc(/C(N)=N/O)cc1F. The van der Waals surface area contributed by atoms with Crippen LogP contribution in [0.3, 0.4) is 0 Å². The lowest BCUT2D eigenvalue weighted by molar-refractivity contribution is 0.151. The highest BCUT2D eigenvalue weighted by molar-refractivity contribution is 5.97. The van der Waals surface area contributed by atoms with Gasteiger partial charge in [-0.2, -0.15) is 0 Å². The average molecular weight is 265 g/mol. The van der Waals surface area contributed by atoms with Crippen LogP contribution in [0, 0.1) is 5.82 Å². The summed E-state index contributed by atoms with van der Waals surface area (Å²) in [4.78, 5) is 2.30. The Morgan fingerprint density at radius 2 is 2.32 bits per heavy atom. The van der Waals surface area contributed by atoms with Gasteiger partial charge in [0, 0.05) is 23.7 Å². The summed E-state index contributed by atoms with van der Waals surface area (Å²) in [5, 5.41) is 11.5. The lowest BCUT2D eigenvalue weighted by atomic mass is 10.0. The fraction of sp³-hybridized carbons (Fsp3) is 0.500. The summed E-state index contributed by atoms with van der Waals surface area (Å²) in [7, 11) is 0. The summed E-state index contributed by atoms with van der Waals surface area (Å²) in [5.41, 5.74) is 6.50. The molecule has 104 valence electrons. The molecule has 19 heavy (non-hydrogen) atoms. The van der Waals surface area contributed by atoms with Crippen molar-refractivity contribution >= 4 is 5.84 Å². The molecule has 5 heteroatoms. The molecule has 1 aliphatic rings. The molecule has 1 heterocycles. The highest BCUT2D eigenvalue weighted by atomic mass is 19.1. The van der Waals surface area contributed by atoms with Crippen LogP contribution in [0.4, 0.5) is 4.39 Å². The van der Waals surface area contributed by atoms with Gasteiger partial charge in [-0.1, -0.05) is 23.7 Å². The molecule has 1 atom stereocenters. The Morgan fingerprint density at radius 1 is 1.53 bits per heavy atom. The zero-order chi connectivity index (χ0) is 13.8. The average Bonchev–Trinajstić information content (AvgIpc) is 2.42. The van der Waals surface area contributed by atoms with Gasteiger partial charge in [-0.05, 0) is 32.4 Å². The van der Waals surface area contributed by atoms with E-state index < -0.39 is 0 Å². The van der Waals surface area contributed by atoms with E-state index in [-0.39, 0.29) is 11.7 Å². The molecule has 2 rings (SSSR count). The first-order valence-electron chi connectivity index (χ1n) is 6.62. The van der Waals surface area contributed by atoms with Crippen molar-refractivity contribution in [2.45, 2.75) is 38.8 Å². The summed E-state index contributed by atoms with van der Waals surface area (Å²) < 4.78 is 14.0. The van der Waals surface area contributed by atoms with Gasteiger partial charge in [0.1, 0.15) is 5.82 Å². The molecule has 0 radical (unpaired) electrons. The molecule has 1 aliphatic heterocycles. The van der Waals surface area contributed by atoms with E-state index in [0.29, 0.717) is 23.7 Å². The van der Waals surface area contributed by atoms with Crippen LogP contribution < -0.4 is 5.73 Å². The predicted molar refractivity (Wildman–Crippen MR) is 72.6 cm³/mol. The highest BCUT2D eigenvalue weighted by Crippen LogP contribution is 2.20. The molecule has 0 spiro atoms. The van der Waals surface area contributed by atoms with E-state index in [9.17, 15) is 4.39 Å². The first kappa shape index (κ1) is 13.8. The minimum Gasteiger partial charge on any atom is -0.409 e. The van der Waals surface area contributed by atoms with Gasteiger partial charge >= 0.3 is 0 Å². The summed E-state index contributed by atoms with van der Waals surface area (Å²) in [6.45, 7) is 3.81. The second-order valence-electron chi connectivity index (χ2n) is 5.11. The molecule has 0 saturated carbocycles. The van der Waals surface area contributed by atoms with Gasteiger partial charge in [-0.25, -0.2) is 4.39 Å². The number of amidine groups is 1. The van der Waals surface area contributed by atoms with Crippen LogP contribution in [0.2, 0.25) is 0 Å². The number of nitrogens with zero attached hydrogens (tertiary/aromatic N) is 2. The van der Waals surface area contributed by atoms with Crippen molar-refractivity contribution in [2.75, 3.05) is 6.54 Å². The Hall–Kier alpha value is -1.62. The monoisotopic (exact) mass is 265 g/mol. The Morgan fingerprint density at radius 3 is 2.95 bits per heavy atom. The number of oxime groups is 1. The van der Waals surface area contributed by atoms with Crippen molar-refractivity contribution in [2.24, 2.45) is 10.9 Å². The normalized spacial score (nSPS) is 21.6. The molecule has 1 unspecified atom stereocenters. The van der Waals surface area contributed by atoms with Crippen molar-refractivity contribution in [3.8, 4) is 0 Å². The molecule has 1 aromatic rings. The van der Waals surface area contributed by atoms with Crippen molar-refractivity contribution in [3.05, 3.63) is 35.1 Å². The smallest absolute Gasteiger partial charge is 0.170 e. The minimum atomic E-state index is -0.304. The third-order valence-electron chi connectivity index (χ3n) is 3.77. The number of likely N-dealkylation sites (tertiary alicyclic amines) is 1. The van der Waals surface area contributed by atoms with Crippen molar-refractivity contribution in [1.82, 2.24) is 4.90 Å². The number of benzene rings is 1. The second kappa shape index (κ2) is 6.02. The van der Waals surface area contributed by atoms with Gasteiger partial charge < -0.3 is 10.9 Å². The molecular weight excluding hydrogens is 245 g/mol. The second-order valence-corrected chi connectivity index (χ2v) is 5.11. The van der Waals surface area contributed by atoms with Crippen molar-refractivity contribution < 1.29 is 9.60 Å². The number of hydrogen-bond acceptors (Lipinski definition) is 3.